The minimum absolute atomic E-state index is 0.134. The van der Waals surface area contributed by atoms with Crippen LogP contribution < -0.4 is 10.6 Å². The zero-order chi connectivity index (χ0) is 19.7. The third-order valence-electron chi connectivity index (χ3n) is 4.78. The summed E-state index contributed by atoms with van der Waals surface area (Å²) in [5, 5.41) is 14.6. The molecule has 2 atom stereocenters. The molecule has 0 bridgehead atoms. The molecule has 0 saturated carbocycles. The van der Waals surface area contributed by atoms with Crippen LogP contribution in [0.5, 0.6) is 0 Å². The Balaban J connectivity index is 2.21. The number of rotatable bonds is 5. The highest BCUT2D eigenvalue weighted by Gasteiger charge is 2.50. The number of hydrogen-bond acceptors (Lipinski definition) is 4. The number of nitrogens with one attached hydrogen (secondary N) is 2. The molecule has 2 rings (SSSR count). The zero-order valence-corrected chi connectivity index (χ0v) is 16.7. The van der Waals surface area contributed by atoms with Crippen LogP contribution in [-0.4, -0.2) is 34.8 Å². The van der Waals surface area contributed by atoms with E-state index < -0.39 is 35.5 Å². The van der Waals surface area contributed by atoms with Crippen LogP contribution in [0, 0.1) is 17.2 Å². The van der Waals surface area contributed by atoms with E-state index >= 15 is 0 Å². The molecule has 8 heteroatoms. The number of nitriles is 1. The van der Waals surface area contributed by atoms with E-state index in [0.717, 1.165) is 4.90 Å². The Morgan fingerprint density at radius 3 is 2.58 bits per heavy atom. The maximum atomic E-state index is 12.9. The first-order valence-corrected chi connectivity index (χ1v) is 8.96. The van der Waals surface area contributed by atoms with Gasteiger partial charge in [-0.25, -0.2) is 4.79 Å². The predicted octanol–water partition coefficient (Wildman–Crippen LogP) is 2.27. The molecular weight excluding hydrogens is 400 g/mol. The van der Waals surface area contributed by atoms with Crippen LogP contribution in [0.4, 0.5) is 4.79 Å². The first kappa shape index (κ1) is 19.9. The summed E-state index contributed by atoms with van der Waals surface area (Å²) >= 11 is 3.39. The summed E-state index contributed by atoms with van der Waals surface area (Å²) < 4.78 is 0.680. The van der Waals surface area contributed by atoms with Gasteiger partial charge in [0.05, 0.1) is 6.07 Å². The van der Waals surface area contributed by atoms with Crippen molar-refractivity contribution >= 4 is 33.8 Å². The molecule has 0 aliphatic carbocycles. The van der Waals surface area contributed by atoms with Crippen molar-refractivity contribution in [3.8, 4) is 6.07 Å². The normalized spacial score (nSPS) is 22.0. The first-order valence-electron chi connectivity index (χ1n) is 8.16. The lowest BCUT2D eigenvalue weighted by molar-refractivity contribution is -0.135. The smallest absolute Gasteiger partial charge is 0.325 e. The molecule has 1 aliphatic rings. The number of halogens is 1. The lowest BCUT2D eigenvalue weighted by Gasteiger charge is -2.28. The summed E-state index contributed by atoms with van der Waals surface area (Å²) in [5.41, 5.74) is -1.75. The van der Waals surface area contributed by atoms with Crippen LogP contribution in [0.25, 0.3) is 0 Å². The average Bonchev–Trinajstić information content (AvgIpc) is 2.79. The van der Waals surface area contributed by atoms with Crippen LogP contribution in [0.3, 0.4) is 0 Å². The highest BCUT2D eigenvalue weighted by Crippen LogP contribution is 2.33. The summed E-state index contributed by atoms with van der Waals surface area (Å²) in [7, 11) is 0. The molecule has 1 aliphatic heterocycles. The second-order valence-electron chi connectivity index (χ2n) is 6.94. The summed E-state index contributed by atoms with van der Waals surface area (Å²) in [6, 6.07) is 8.49. The molecular formula is C18H21BrN4O3. The second-order valence-corrected chi connectivity index (χ2v) is 7.80. The number of amides is 4. The van der Waals surface area contributed by atoms with Crippen molar-refractivity contribution in [2.24, 2.45) is 5.92 Å². The summed E-state index contributed by atoms with van der Waals surface area (Å²) in [5.74, 6) is -1.22. The first-order chi connectivity index (χ1) is 12.0. The molecule has 0 radical (unpaired) electrons. The average molecular weight is 421 g/mol. The Morgan fingerprint density at radius 2 is 2.04 bits per heavy atom. The van der Waals surface area contributed by atoms with Gasteiger partial charge in [-0.05, 0) is 25.8 Å². The molecule has 26 heavy (non-hydrogen) atoms. The Hall–Kier alpha value is -2.40. The van der Waals surface area contributed by atoms with Gasteiger partial charge in [-0.15, -0.1) is 0 Å². The van der Waals surface area contributed by atoms with E-state index in [2.05, 4.69) is 32.6 Å². The minimum Gasteiger partial charge on any atom is -0.336 e. The summed E-state index contributed by atoms with van der Waals surface area (Å²) in [6.07, 6.45) is 0. The molecule has 1 heterocycles. The van der Waals surface area contributed by atoms with Crippen molar-refractivity contribution in [3.63, 3.8) is 0 Å². The van der Waals surface area contributed by atoms with Crippen molar-refractivity contribution in [2.75, 3.05) is 6.54 Å². The highest BCUT2D eigenvalue weighted by atomic mass is 79.9. The molecule has 1 aromatic rings. The Morgan fingerprint density at radius 1 is 1.42 bits per heavy atom. The van der Waals surface area contributed by atoms with E-state index in [1.807, 2.05) is 0 Å². The summed E-state index contributed by atoms with van der Waals surface area (Å²) in [4.78, 5) is 38.4. The number of benzene rings is 1. The van der Waals surface area contributed by atoms with Crippen LogP contribution in [0.1, 0.15) is 33.3 Å². The Kier molecular flexibility index (Phi) is 5.42. The third-order valence-corrected chi connectivity index (χ3v) is 5.47. The van der Waals surface area contributed by atoms with E-state index in [4.69, 9.17) is 0 Å². The lowest BCUT2D eigenvalue weighted by atomic mass is 9.90. The molecule has 4 amide bonds. The third kappa shape index (κ3) is 3.44. The van der Waals surface area contributed by atoms with E-state index in [0.29, 0.717) is 10.0 Å². The van der Waals surface area contributed by atoms with Crippen molar-refractivity contribution in [1.29, 1.82) is 5.26 Å². The van der Waals surface area contributed by atoms with Gasteiger partial charge in [-0.1, -0.05) is 48.0 Å². The highest BCUT2D eigenvalue weighted by molar-refractivity contribution is 9.10. The molecule has 138 valence electrons. The van der Waals surface area contributed by atoms with Crippen molar-refractivity contribution in [3.05, 3.63) is 34.3 Å². The molecule has 1 saturated heterocycles. The van der Waals surface area contributed by atoms with Gasteiger partial charge >= 0.3 is 6.03 Å². The van der Waals surface area contributed by atoms with E-state index in [-0.39, 0.29) is 5.92 Å². The molecule has 0 spiro atoms. The molecule has 0 aromatic heterocycles. The van der Waals surface area contributed by atoms with E-state index in [1.54, 1.807) is 52.0 Å². The number of urea groups is 1. The van der Waals surface area contributed by atoms with Crippen molar-refractivity contribution in [2.45, 2.75) is 38.8 Å². The maximum Gasteiger partial charge on any atom is 0.325 e. The molecule has 2 N–H and O–H groups in total. The van der Waals surface area contributed by atoms with Gasteiger partial charge in [0.25, 0.3) is 5.91 Å². The van der Waals surface area contributed by atoms with E-state index in [9.17, 15) is 19.6 Å². The largest absolute Gasteiger partial charge is 0.336 e. The number of hydrogen-bond donors (Lipinski definition) is 2. The van der Waals surface area contributed by atoms with Crippen molar-refractivity contribution in [1.82, 2.24) is 15.5 Å². The number of nitrogens with zero attached hydrogens (tertiary/aromatic N) is 2. The monoisotopic (exact) mass is 420 g/mol. The molecule has 7 nitrogen and oxygen atoms in total. The van der Waals surface area contributed by atoms with E-state index in [1.165, 1.54) is 0 Å². The number of imide groups is 1. The SMILES string of the molecule is CC(C)C(C)(C#N)NC(=O)CN1C(=O)NC(C)(c2ccccc2Br)C1=O. The molecule has 1 fully saturated rings. The van der Waals surface area contributed by atoms with Gasteiger partial charge in [-0.3, -0.25) is 14.5 Å². The van der Waals surface area contributed by atoms with Gasteiger partial charge in [-0.2, -0.15) is 5.26 Å². The Labute approximate surface area is 160 Å². The van der Waals surface area contributed by atoms with Gasteiger partial charge in [0, 0.05) is 10.0 Å². The summed E-state index contributed by atoms with van der Waals surface area (Å²) in [6.45, 7) is 6.36. The van der Waals surface area contributed by atoms with Gasteiger partial charge in [0.2, 0.25) is 5.91 Å². The zero-order valence-electron chi connectivity index (χ0n) is 15.1. The second kappa shape index (κ2) is 7.08. The predicted molar refractivity (Wildman–Crippen MR) is 98.7 cm³/mol. The van der Waals surface area contributed by atoms with Crippen LogP contribution >= 0.6 is 15.9 Å². The van der Waals surface area contributed by atoms with Crippen molar-refractivity contribution < 1.29 is 14.4 Å². The van der Waals surface area contributed by atoms with Crippen LogP contribution in [-0.2, 0) is 15.1 Å². The topological polar surface area (TPSA) is 102 Å². The van der Waals surface area contributed by atoms with Gasteiger partial charge < -0.3 is 10.6 Å². The standard InChI is InChI=1S/C18H21BrN4O3/c1-11(2)17(3,10-20)21-14(24)9-23-15(25)18(4,22-16(23)26)12-7-5-6-8-13(12)19/h5-8,11H,9H2,1-4H3,(H,21,24)(H,22,26). The maximum absolute atomic E-state index is 12.9. The number of carbonyl (C=O) groups excluding carboxylic acids is 3. The number of carbonyl (C=O) groups is 3. The van der Waals surface area contributed by atoms with Crippen LogP contribution in [0.2, 0.25) is 0 Å². The Bertz CT molecular complexity index is 804. The fraction of sp³-hybridized carbons (Fsp3) is 0.444. The molecule has 2 unspecified atom stereocenters. The minimum atomic E-state index is -1.27. The fourth-order valence-corrected chi connectivity index (χ4v) is 3.35. The fourth-order valence-electron chi connectivity index (χ4n) is 2.66. The van der Waals surface area contributed by atoms with Crippen LogP contribution in [0.15, 0.2) is 28.7 Å². The van der Waals surface area contributed by atoms with Gasteiger partial charge in [0.1, 0.15) is 17.6 Å². The lowest BCUT2D eigenvalue weighted by Crippen LogP contribution is -2.52. The molecule has 1 aromatic carbocycles. The quantitative estimate of drug-likeness (QED) is 0.712. The van der Waals surface area contributed by atoms with Gasteiger partial charge in [0.15, 0.2) is 0 Å².